The predicted octanol–water partition coefficient (Wildman–Crippen LogP) is 3.46. The summed E-state index contributed by atoms with van der Waals surface area (Å²) in [5, 5.41) is 8.56. The number of carboxylic acids is 1. The highest BCUT2D eigenvalue weighted by Crippen LogP contribution is 2.26. The van der Waals surface area contributed by atoms with Gasteiger partial charge in [-0.05, 0) is 49.2 Å². The van der Waals surface area contributed by atoms with Crippen LogP contribution in [-0.4, -0.2) is 26.1 Å². The van der Waals surface area contributed by atoms with E-state index in [0.717, 1.165) is 6.07 Å². The highest BCUT2D eigenvalue weighted by atomic mass is 32.2. The Balaban J connectivity index is 2.16. The molecule has 0 atom stereocenters. The van der Waals surface area contributed by atoms with E-state index in [-0.39, 0.29) is 24.3 Å². The topological polar surface area (TPSA) is 92.7 Å². The van der Waals surface area contributed by atoms with E-state index in [1.165, 1.54) is 18.2 Å². The first-order valence-electron chi connectivity index (χ1n) is 7.73. The molecule has 0 bridgehead atoms. The fourth-order valence-corrected chi connectivity index (χ4v) is 3.31. The number of hydrogen-bond acceptors (Lipinski definition) is 4. The number of anilines is 1. The van der Waals surface area contributed by atoms with Gasteiger partial charge in [-0.25, -0.2) is 21.6 Å². The summed E-state index contributed by atoms with van der Waals surface area (Å²) in [5.74, 6) is -5.45. The number of halogens is 3. The fraction of sp³-hybridized carbons (Fsp3) is 0.235. The van der Waals surface area contributed by atoms with Crippen LogP contribution in [0.15, 0.2) is 35.2 Å². The maximum absolute atomic E-state index is 13.7. The van der Waals surface area contributed by atoms with Crippen molar-refractivity contribution in [2.24, 2.45) is 0 Å². The highest BCUT2D eigenvalue weighted by molar-refractivity contribution is 7.92. The molecule has 0 heterocycles. The van der Waals surface area contributed by atoms with Crippen LogP contribution in [0.3, 0.4) is 0 Å². The van der Waals surface area contributed by atoms with E-state index in [4.69, 9.17) is 9.84 Å². The number of carbonyl (C=O) groups is 1. The number of nitrogens with one attached hydrogen (secondary N) is 1. The maximum Gasteiger partial charge on any atom is 0.303 e. The zero-order chi connectivity index (χ0) is 20.2. The molecule has 0 saturated heterocycles. The molecule has 0 aromatic heterocycles. The smallest absolute Gasteiger partial charge is 0.303 e. The van der Waals surface area contributed by atoms with Crippen molar-refractivity contribution in [3.63, 3.8) is 0 Å². The summed E-state index contributed by atoms with van der Waals surface area (Å²) in [5.41, 5.74) is -0.278. The van der Waals surface area contributed by atoms with Crippen LogP contribution in [-0.2, 0) is 14.8 Å². The fourth-order valence-electron chi connectivity index (χ4n) is 2.16. The SMILES string of the molecule is Cc1cc(S(=O)(=O)Nc2ccc(F)c(F)c2F)ccc1OCCCC(=O)O. The van der Waals surface area contributed by atoms with Gasteiger partial charge in [-0.15, -0.1) is 0 Å². The molecule has 2 aromatic carbocycles. The molecular weight excluding hydrogens is 387 g/mol. The Hall–Kier alpha value is -2.75. The largest absolute Gasteiger partial charge is 0.493 e. The third kappa shape index (κ3) is 5.13. The standard InChI is InChI=1S/C17H16F3NO5S/c1-10-9-11(4-7-14(10)26-8-2-3-15(22)23)27(24,25)21-13-6-5-12(18)16(19)17(13)20/h4-7,9,21H,2-3,8H2,1H3,(H,22,23). The lowest BCUT2D eigenvalue weighted by Crippen LogP contribution is -2.15. The van der Waals surface area contributed by atoms with E-state index in [0.29, 0.717) is 17.4 Å². The summed E-state index contributed by atoms with van der Waals surface area (Å²) < 4.78 is 71.8. The number of hydrogen-bond donors (Lipinski definition) is 2. The first-order chi connectivity index (χ1) is 12.6. The zero-order valence-corrected chi connectivity index (χ0v) is 14.9. The van der Waals surface area contributed by atoms with Crippen molar-refractivity contribution in [1.82, 2.24) is 0 Å². The average molecular weight is 403 g/mol. The van der Waals surface area contributed by atoms with Crippen molar-refractivity contribution in [2.45, 2.75) is 24.7 Å². The van der Waals surface area contributed by atoms with Crippen LogP contribution in [0, 0.1) is 24.4 Å². The molecule has 0 radical (unpaired) electrons. The number of aliphatic carboxylic acids is 1. The summed E-state index contributed by atoms with van der Waals surface area (Å²) in [6, 6.07) is 5.20. The van der Waals surface area contributed by atoms with Gasteiger partial charge in [-0.3, -0.25) is 9.52 Å². The number of benzene rings is 2. The molecule has 0 spiro atoms. The van der Waals surface area contributed by atoms with Crippen LogP contribution < -0.4 is 9.46 Å². The quantitative estimate of drug-likeness (QED) is 0.520. The molecule has 146 valence electrons. The van der Waals surface area contributed by atoms with E-state index in [1.807, 2.05) is 4.72 Å². The van der Waals surface area contributed by atoms with Crippen molar-refractivity contribution in [3.05, 3.63) is 53.3 Å². The van der Waals surface area contributed by atoms with E-state index in [9.17, 15) is 26.4 Å². The van der Waals surface area contributed by atoms with E-state index >= 15 is 0 Å². The van der Waals surface area contributed by atoms with Gasteiger partial charge in [0.15, 0.2) is 17.5 Å². The lowest BCUT2D eigenvalue weighted by molar-refractivity contribution is -0.137. The van der Waals surface area contributed by atoms with E-state index < -0.39 is 39.1 Å². The van der Waals surface area contributed by atoms with Crippen LogP contribution in [0.1, 0.15) is 18.4 Å². The molecule has 27 heavy (non-hydrogen) atoms. The predicted molar refractivity (Wildman–Crippen MR) is 90.7 cm³/mol. The Morgan fingerprint density at radius 3 is 2.48 bits per heavy atom. The van der Waals surface area contributed by atoms with Gasteiger partial charge >= 0.3 is 5.97 Å². The van der Waals surface area contributed by atoms with Gasteiger partial charge in [0.2, 0.25) is 0 Å². The zero-order valence-electron chi connectivity index (χ0n) is 14.1. The third-order valence-electron chi connectivity index (χ3n) is 3.53. The molecule has 0 aliphatic rings. The molecule has 0 amide bonds. The maximum atomic E-state index is 13.7. The van der Waals surface area contributed by atoms with Gasteiger partial charge in [0.05, 0.1) is 17.2 Å². The van der Waals surface area contributed by atoms with Gasteiger partial charge in [0.25, 0.3) is 10.0 Å². The van der Waals surface area contributed by atoms with Crippen molar-refractivity contribution in [3.8, 4) is 5.75 Å². The van der Waals surface area contributed by atoms with Crippen LogP contribution in [0.4, 0.5) is 18.9 Å². The minimum absolute atomic E-state index is 0.0603. The molecule has 0 saturated carbocycles. The molecule has 2 N–H and O–H groups in total. The van der Waals surface area contributed by atoms with Gasteiger partial charge in [-0.1, -0.05) is 0 Å². The normalized spacial score (nSPS) is 11.3. The first-order valence-corrected chi connectivity index (χ1v) is 9.21. The lowest BCUT2D eigenvalue weighted by atomic mass is 10.2. The molecule has 2 rings (SSSR count). The molecule has 0 aliphatic heterocycles. The van der Waals surface area contributed by atoms with Crippen LogP contribution >= 0.6 is 0 Å². The molecule has 0 unspecified atom stereocenters. The van der Waals surface area contributed by atoms with E-state index in [1.54, 1.807) is 6.92 Å². The number of ether oxygens (including phenoxy) is 1. The minimum Gasteiger partial charge on any atom is -0.493 e. The van der Waals surface area contributed by atoms with Gasteiger partial charge in [0, 0.05) is 6.42 Å². The Bertz CT molecular complexity index is 963. The number of sulfonamides is 1. The lowest BCUT2D eigenvalue weighted by Gasteiger charge is -2.12. The minimum atomic E-state index is -4.25. The summed E-state index contributed by atoms with van der Waals surface area (Å²) in [4.78, 5) is 10.2. The second kappa shape index (κ2) is 8.30. The summed E-state index contributed by atoms with van der Waals surface area (Å²) in [7, 11) is -4.25. The Labute approximate surface area is 153 Å². The highest BCUT2D eigenvalue weighted by Gasteiger charge is 2.20. The molecule has 2 aromatic rings. The van der Waals surface area contributed by atoms with Gasteiger partial charge in [-0.2, -0.15) is 0 Å². The molecular formula is C17H16F3NO5S. The number of rotatable bonds is 8. The first kappa shape index (κ1) is 20.6. The Morgan fingerprint density at radius 2 is 1.85 bits per heavy atom. The summed E-state index contributed by atoms with van der Waals surface area (Å²) in [6.07, 6.45) is 0.223. The number of aryl methyl sites for hydroxylation is 1. The van der Waals surface area contributed by atoms with Crippen molar-refractivity contribution in [1.29, 1.82) is 0 Å². The monoisotopic (exact) mass is 403 g/mol. The van der Waals surface area contributed by atoms with Crippen LogP contribution in [0.2, 0.25) is 0 Å². The second-order valence-electron chi connectivity index (χ2n) is 5.60. The third-order valence-corrected chi connectivity index (χ3v) is 4.89. The van der Waals surface area contributed by atoms with E-state index in [2.05, 4.69) is 0 Å². The summed E-state index contributed by atoms with van der Waals surface area (Å²) in [6.45, 7) is 1.71. The van der Waals surface area contributed by atoms with Crippen molar-refractivity contribution in [2.75, 3.05) is 11.3 Å². The molecule has 0 fully saturated rings. The van der Waals surface area contributed by atoms with Gasteiger partial charge in [0.1, 0.15) is 5.75 Å². The molecule has 10 heteroatoms. The average Bonchev–Trinajstić information content (AvgIpc) is 2.60. The second-order valence-corrected chi connectivity index (χ2v) is 7.28. The molecule has 6 nitrogen and oxygen atoms in total. The summed E-state index contributed by atoms with van der Waals surface area (Å²) >= 11 is 0. The molecule has 0 aliphatic carbocycles. The van der Waals surface area contributed by atoms with Crippen molar-refractivity contribution >= 4 is 21.7 Å². The van der Waals surface area contributed by atoms with Gasteiger partial charge < -0.3 is 9.84 Å². The Kier molecular flexibility index (Phi) is 6.32. The van der Waals surface area contributed by atoms with Crippen LogP contribution in [0.5, 0.6) is 5.75 Å². The Morgan fingerprint density at radius 1 is 1.15 bits per heavy atom. The van der Waals surface area contributed by atoms with Crippen LogP contribution in [0.25, 0.3) is 0 Å². The van der Waals surface area contributed by atoms with Crippen molar-refractivity contribution < 1.29 is 36.2 Å². The number of carboxylic acid groups (broad SMARTS) is 1.